The first-order chi connectivity index (χ1) is 7.69. The molecule has 0 bridgehead atoms. The maximum atomic E-state index is 12.8. The molecule has 2 rings (SSSR count). The van der Waals surface area contributed by atoms with Gasteiger partial charge in [0.15, 0.2) is 0 Å². The Morgan fingerprint density at radius 2 is 2.00 bits per heavy atom. The van der Waals surface area contributed by atoms with E-state index in [2.05, 4.69) is 12.2 Å². The lowest BCUT2D eigenvalue weighted by Gasteiger charge is -2.35. The third-order valence-corrected chi connectivity index (χ3v) is 3.23. The van der Waals surface area contributed by atoms with Crippen molar-refractivity contribution in [3.8, 4) is 0 Å². The molecule has 1 atom stereocenters. The Balaban J connectivity index is 1.96. The van der Waals surface area contributed by atoms with E-state index >= 15 is 0 Å². The first-order valence-electron chi connectivity index (χ1n) is 5.88. The van der Waals surface area contributed by atoms with Crippen molar-refractivity contribution in [2.45, 2.75) is 44.4 Å². The van der Waals surface area contributed by atoms with Crippen LogP contribution < -0.4 is 5.32 Å². The van der Waals surface area contributed by atoms with Gasteiger partial charge in [0.1, 0.15) is 5.82 Å². The third kappa shape index (κ3) is 2.60. The van der Waals surface area contributed by atoms with Crippen LogP contribution in [0.25, 0.3) is 0 Å². The average molecular weight is 223 g/mol. The largest absolute Gasteiger partial charge is 0.393 e. The average Bonchev–Trinajstić information content (AvgIpc) is 2.24. The van der Waals surface area contributed by atoms with E-state index in [1.807, 2.05) is 12.1 Å². The summed E-state index contributed by atoms with van der Waals surface area (Å²) in [6, 6.07) is 7.31. The molecule has 2 N–H and O–H groups in total. The molecular formula is C13H18FNO. The van der Waals surface area contributed by atoms with E-state index in [0.717, 1.165) is 24.8 Å². The number of hydrogen-bond acceptors (Lipinski definition) is 2. The summed E-state index contributed by atoms with van der Waals surface area (Å²) < 4.78 is 12.8. The Morgan fingerprint density at radius 3 is 2.50 bits per heavy atom. The molecule has 1 unspecified atom stereocenters. The van der Waals surface area contributed by atoms with Crippen LogP contribution in [0.4, 0.5) is 4.39 Å². The van der Waals surface area contributed by atoms with Gasteiger partial charge in [-0.05, 0) is 37.0 Å². The highest BCUT2D eigenvalue weighted by Gasteiger charge is 2.28. The van der Waals surface area contributed by atoms with Crippen LogP contribution in [-0.2, 0) is 0 Å². The molecule has 0 spiro atoms. The highest BCUT2D eigenvalue weighted by Crippen LogP contribution is 2.25. The standard InChI is InChI=1S/C13H18FNO/c1-2-13(15-11-7-12(16)8-11)9-3-5-10(14)6-4-9/h3-6,11-13,15-16H,2,7-8H2,1H3. The number of halogens is 1. The fourth-order valence-electron chi connectivity index (χ4n) is 2.15. The van der Waals surface area contributed by atoms with Crippen molar-refractivity contribution in [2.24, 2.45) is 0 Å². The molecule has 1 aromatic carbocycles. The van der Waals surface area contributed by atoms with Gasteiger partial charge in [0, 0.05) is 12.1 Å². The Labute approximate surface area is 95.5 Å². The molecule has 0 aromatic heterocycles. The van der Waals surface area contributed by atoms with Crippen molar-refractivity contribution >= 4 is 0 Å². The van der Waals surface area contributed by atoms with Gasteiger partial charge in [-0.1, -0.05) is 19.1 Å². The fraction of sp³-hybridized carbons (Fsp3) is 0.538. The van der Waals surface area contributed by atoms with Crippen LogP contribution in [0.15, 0.2) is 24.3 Å². The van der Waals surface area contributed by atoms with Crippen LogP contribution in [0.3, 0.4) is 0 Å². The molecule has 1 fully saturated rings. The maximum absolute atomic E-state index is 12.8. The molecule has 1 aromatic rings. The molecule has 0 radical (unpaired) electrons. The van der Waals surface area contributed by atoms with Crippen molar-refractivity contribution in [3.05, 3.63) is 35.6 Å². The fourth-order valence-corrected chi connectivity index (χ4v) is 2.15. The van der Waals surface area contributed by atoms with Gasteiger partial charge in [0.2, 0.25) is 0 Å². The van der Waals surface area contributed by atoms with Gasteiger partial charge in [-0.2, -0.15) is 0 Å². The monoisotopic (exact) mass is 223 g/mol. The van der Waals surface area contributed by atoms with Crippen LogP contribution in [0.2, 0.25) is 0 Å². The van der Waals surface area contributed by atoms with Gasteiger partial charge < -0.3 is 10.4 Å². The lowest BCUT2D eigenvalue weighted by atomic mass is 9.88. The van der Waals surface area contributed by atoms with E-state index < -0.39 is 0 Å². The number of hydrogen-bond donors (Lipinski definition) is 2. The summed E-state index contributed by atoms with van der Waals surface area (Å²) >= 11 is 0. The van der Waals surface area contributed by atoms with Crippen molar-refractivity contribution < 1.29 is 9.50 Å². The molecule has 2 nitrogen and oxygen atoms in total. The van der Waals surface area contributed by atoms with Gasteiger partial charge >= 0.3 is 0 Å². The SMILES string of the molecule is CCC(NC1CC(O)C1)c1ccc(F)cc1. The van der Waals surface area contributed by atoms with E-state index in [1.165, 1.54) is 12.1 Å². The predicted molar refractivity (Wildman–Crippen MR) is 61.6 cm³/mol. The summed E-state index contributed by atoms with van der Waals surface area (Å²) in [7, 11) is 0. The molecule has 88 valence electrons. The zero-order valence-corrected chi connectivity index (χ0v) is 9.49. The van der Waals surface area contributed by atoms with Gasteiger partial charge in [0.05, 0.1) is 6.10 Å². The van der Waals surface area contributed by atoms with Crippen LogP contribution in [0.5, 0.6) is 0 Å². The first-order valence-corrected chi connectivity index (χ1v) is 5.88. The molecule has 3 heteroatoms. The van der Waals surface area contributed by atoms with Gasteiger partial charge in [-0.3, -0.25) is 0 Å². The number of nitrogens with one attached hydrogen (secondary N) is 1. The van der Waals surface area contributed by atoms with Crippen molar-refractivity contribution in [2.75, 3.05) is 0 Å². The van der Waals surface area contributed by atoms with E-state index in [1.54, 1.807) is 0 Å². The highest BCUT2D eigenvalue weighted by molar-refractivity contribution is 5.20. The van der Waals surface area contributed by atoms with E-state index in [-0.39, 0.29) is 18.0 Å². The van der Waals surface area contributed by atoms with Crippen LogP contribution in [-0.4, -0.2) is 17.3 Å². The molecule has 0 amide bonds. The molecular weight excluding hydrogens is 205 g/mol. The Kier molecular flexibility index (Phi) is 3.56. The zero-order valence-electron chi connectivity index (χ0n) is 9.49. The van der Waals surface area contributed by atoms with Crippen molar-refractivity contribution in [3.63, 3.8) is 0 Å². The second-order valence-electron chi connectivity index (χ2n) is 4.50. The summed E-state index contributed by atoms with van der Waals surface area (Å²) in [5.41, 5.74) is 1.12. The number of aliphatic hydroxyl groups is 1. The first kappa shape index (κ1) is 11.6. The second kappa shape index (κ2) is 4.93. The summed E-state index contributed by atoms with van der Waals surface area (Å²) in [6.45, 7) is 2.11. The second-order valence-corrected chi connectivity index (χ2v) is 4.50. The summed E-state index contributed by atoms with van der Waals surface area (Å²) in [4.78, 5) is 0. The summed E-state index contributed by atoms with van der Waals surface area (Å²) in [5.74, 6) is -0.197. The number of aliphatic hydroxyl groups excluding tert-OH is 1. The van der Waals surface area contributed by atoms with Gasteiger partial charge in [-0.15, -0.1) is 0 Å². The normalized spacial score (nSPS) is 26.2. The zero-order chi connectivity index (χ0) is 11.5. The smallest absolute Gasteiger partial charge is 0.123 e. The summed E-state index contributed by atoms with van der Waals surface area (Å²) in [5, 5.41) is 12.7. The predicted octanol–water partition coefficient (Wildman–Crippen LogP) is 2.39. The molecule has 1 aliphatic rings. The molecule has 0 heterocycles. The number of benzene rings is 1. The molecule has 0 aliphatic heterocycles. The summed E-state index contributed by atoms with van der Waals surface area (Å²) in [6.07, 6.45) is 2.50. The Hall–Kier alpha value is -0.930. The minimum atomic E-state index is -0.197. The highest BCUT2D eigenvalue weighted by atomic mass is 19.1. The minimum absolute atomic E-state index is 0.136. The third-order valence-electron chi connectivity index (χ3n) is 3.23. The Bertz CT molecular complexity index is 332. The van der Waals surface area contributed by atoms with Crippen LogP contribution >= 0.6 is 0 Å². The molecule has 16 heavy (non-hydrogen) atoms. The van der Waals surface area contributed by atoms with Gasteiger partial charge in [0.25, 0.3) is 0 Å². The Morgan fingerprint density at radius 1 is 1.38 bits per heavy atom. The topological polar surface area (TPSA) is 32.3 Å². The van der Waals surface area contributed by atoms with E-state index in [4.69, 9.17) is 0 Å². The maximum Gasteiger partial charge on any atom is 0.123 e. The molecule has 1 aliphatic carbocycles. The quantitative estimate of drug-likeness (QED) is 0.821. The lowest BCUT2D eigenvalue weighted by molar-refractivity contribution is 0.0574. The molecule has 1 saturated carbocycles. The van der Waals surface area contributed by atoms with Crippen LogP contribution in [0.1, 0.15) is 37.8 Å². The van der Waals surface area contributed by atoms with Crippen molar-refractivity contribution in [1.82, 2.24) is 5.32 Å². The van der Waals surface area contributed by atoms with Crippen LogP contribution in [0, 0.1) is 5.82 Å². The van der Waals surface area contributed by atoms with E-state index in [0.29, 0.717) is 6.04 Å². The lowest BCUT2D eigenvalue weighted by Crippen LogP contribution is -2.45. The number of rotatable bonds is 4. The molecule has 0 saturated heterocycles. The minimum Gasteiger partial charge on any atom is -0.393 e. The van der Waals surface area contributed by atoms with Gasteiger partial charge in [-0.25, -0.2) is 4.39 Å². The van der Waals surface area contributed by atoms with Crippen molar-refractivity contribution in [1.29, 1.82) is 0 Å². The van der Waals surface area contributed by atoms with E-state index in [9.17, 15) is 9.50 Å².